The van der Waals surface area contributed by atoms with Crippen molar-refractivity contribution >= 4 is 23.6 Å². The Balaban J connectivity index is 1.96. The third kappa shape index (κ3) is 6.85. The predicted molar refractivity (Wildman–Crippen MR) is 132 cm³/mol. The Labute approximate surface area is 202 Å². The van der Waals surface area contributed by atoms with Crippen molar-refractivity contribution in [3.63, 3.8) is 0 Å². The fraction of sp³-hybridized carbons (Fsp3) is 0.640. The normalized spacial score (nSPS) is 18.6. The van der Waals surface area contributed by atoms with Crippen molar-refractivity contribution in [3.05, 3.63) is 29.1 Å². The minimum absolute atomic E-state index is 0.000525. The van der Waals surface area contributed by atoms with E-state index in [1.807, 2.05) is 46.7 Å². The van der Waals surface area contributed by atoms with Gasteiger partial charge in [-0.05, 0) is 64.8 Å². The monoisotopic (exact) mass is 473 g/mol. The van der Waals surface area contributed by atoms with Gasteiger partial charge in [0.2, 0.25) is 0 Å². The first-order valence-corrected chi connectivity index (χ1v) is 12.0. The van der Waals surface area contributed by atoms with Crippen LogP contribution >= 0.6 is 0 Å². The number of hydrogen-bond donors (Lipinski definition) is 2. The van der Waals surface area contributed by atoms with Crippen LogP contribution in [-0.4, -0.2) is 65.9 Å². The maximum Gasteiger partial charge on any atom is 0.307 e. The van der Waals surface area contributed by atoms with Gasteiger partial charge < -0.3 is 15.4 Å². The van der Waals surface area contributed by atoms with Crippen LogP contribution in [0.5, 0.6) is 0 Å². The van der Waals surface area contributed by atoms with E-state index in [2.05, 4.69) is 20.6 Å². The van der Waals surface area contributed by atoms with Gasteiger partial charge in [-0.3, -0.25) is 24.3 Å². The van der Waals surface area contributed by atoms with E-state index >= 15 is 0 Å². The molecular weight excluding hydrogens is 434 g/mol. The van der Waals surface area contributed by atoms with Crippen LogP contribution in [0.3, 0.4) is 0 Å². The Morgan fingerprint density at radius 2 is 1.91 bits per heavy atom. The summed E-state index contributed by atoms with van der Waals surface area (Å²) in [6, 6.07) is 1.80. The third-order valence-corrected chi connectivity index (χ3v) is 6.35. The molecule has 2 N–H and O–H groups in total. The minimum atomic E-state index is -0.889. The number of amidine groups is 1. The Kier molecular flexibility index (Phi) is 9.73. The van der Waals surface area contributed by atoms with E-state index in [0.717, 1.165) is 24.8 Å². The zero-order chi connectivity index (χ0) is 25.5. The number of amides is 2. The molecule has 9 nitrogen and oxygen atoms in total. The minimum Gasteiger partial charge on any atom is -0.447 e. The van der Waals surface area contributed by atoms with E-state index in [1.165, 1.54) is 0 Å². The molecule has 2 amide bonds. The van der Waals surface area contributed by atoms with Crippen LogP contribution in [0.2, 0.25) is 0 Å². The van der Waals surface area contributed by atoms with Crippen LogP contribution in [-0.2, 0) is 20.7 Å². The summed E-state index contributed by atoms with van der Waals surface area (Å²) in [6.45, 7) is 9.96. The highest BCUT2D eigenvalue weighted by atomic mass is 16.6. The molecule has 2 unspecified atom stereocenters. The number of carbonyl (C=O) groups excluding carboxylic acids is 3. The van der Waals surface area contributed by atoms with E-state index < -0.39 is 5.54 Å². The first-order valence-electron chi connectivity index (χ1n) is 12.0. The molecule has 2 atom stereocenters. The van der Waals surface area contributed by atoms with E-state index in [4.69, 9.17) is 4.74 Å². The second kappa shape index (κ2) is 12.1. The molecule has 0 fully saturated rings. The smallest absolute Gasteiger partial charge is 0.307 e. The molecule has 1 aliphatic rings. The molecule has 0 saturated heterocycles. The summed E-state index contributed by atoms with van der Waals surface area (Å²) in [5, 5.41) is 5.75. The van der Waals surface area contributed by atoms with Gasteiger partial charge in [-0.15, -0.1) is 0 Å². The SMILES string of the molecule is CCc1cnc(C2=NC(C)(C(C)C)C(=O)N2)c(C(=O)NCCCCCC(=O)OC(C)N(C)C)c1. The Morgan fingerprint density at radius 1 is 1.21 bits per heavy atom. The lowest BCUT2D eigenvalue weighted by molar-refractivity contribution is -0.155. The number of pyridine rings is 1. The zero-order valence-electron chi connectivity index (χ0n) is 21.5. The van der Waals surface area contributed by atoms with Gasteiger partial charge in [-0.25, -0.2) is 4.99 Å². The zero-order valence-corrected chi connectivity index (χ0v) is 21.5. The Morgan fingerprint density at radius 3 is 2.50 bits per heavy atom. The highest BCUT2D eigenvalue weighted by Crippen LogP contribution is 2.27. The number of aryl methyl sites for hydroxylation is 1. The number of aromatic nitrogens is 1. The maximum atomic E-state index is 13.0. The second-order valence-electron chi connectivity index (χ2n) is 9.43. The molecule has 1 aromatic rings. The number of nitrogens with one attached hydrogen (secondary N) is 2. The van der Waals surface area contributed by atoms with E-state index in [1.54, 1.807) is 19.2 Å². The number of ether oxygens (including phenoxy) is 1. The average Bonchev–Trinajstić information content (AvgIpc) is 3.10. The highest BCUT2D eigenvalue weighted by molar-refractivity contribution is 6.18. The quantitative estimate of drug-likeness (QED) is 0.274. The first kappa shape index (κ1) is 27.4. The van der Waals surface area contributed by atoms with Gasteiger partial charge in [-0.2, -0.15) is 0 Å². The lowest BCUT2D eigenvalue weighted by Gasteiger charge is -2.21. The number of esters is 1. The van der Waals surface area contributed by atoms with Crippen LogP contribution < -0.4 is 10.6 Å². The van der Waals surface area contributed by atoms with Crippen molar-refractivity contribution in [3.8, 4) is 0 Å². The largest absolute Gasteiger partial charge is 0.447 e. The number of nitrogens with zero attached hydrogens (tertiary/aromatic N) is 3. The highest BCUT2D eigenvalue weighted by Gasteiger charge is 2.43. The van der Waals surface area contributed by atoms with Gasteiger partial charge in [0.25, 0.3) is 11.8 Å². The first-order chi connectivity index (χ1) is 16.0. The van der Waals surface area contributed by atoms with Crippen molar-refractivity contribution < 1.29 is 19.1 Å². The molecule has 2 rings (SSSR count). The van der Waals surface area contributed by atoms with E-state index in [0.29, 0.717) is 36.5 Å². The summed E-state index contributed by atoms with van der Waals surface area (Å²) in [4.78, 5) is 48.3. The molecule has 34 heavy (non-hydrogen) atoms. The van der Waals surface area contributed by atoms with Gasteiger partial charge in [-0.1, -0.05) is 27.2 Å². The summed E-state index contributed by atoms with van der Waals surface area (Å²) in [7, 11) is 3.71. The van der Waals surface area contributed by atoms with Crippen molar-refractivity contribution in [2.45, 2.75) is 78.5 Å². The Hall–Kier alpha value is -2.81. The van der Waals surface area contributed by atoms with Crippen molar-refractivity contribution in [1.29, 1.82) is 0 Å². The van der Waals surface area contributed by atoms with E-state index in [-0.39, 0.29) is 29.9 Å². The molecule has 1 aromatic heterocycles. The van der Waals surface area contributed by atoms with Gasteiger partial charge in [0.15, 0.2) is 12.1 Å². The summed E-state index contributed by atoms with van der Waals surface area (Å²) in [5.74, 6) is -0.332. The van der Waals surface area contributed by atoms with Crippen LogP contribution in [0.25, 0.3) is 0 Å². The van der Waals surface area contributed by atoms with Crippen molar-refractivity contribution in [2.24, 2.45) is 10.9 Å². The molecule has 0 radical (unpaired) electrons. The molecule has 0 spiro atoms. The van der Waals surface area contributed by atoms with Gasteiger partial charge >= 0.3 is 5.97 Å². The summed E-state index contributed by atoms with van der Waals surface area (Å²) < 4.78 is 5.30. The third-order valence-electron chi connectivity index (χ3n) is 6.35. The summed E-state index contributed by atoms with van der Waals surface area (Å²) >= 11 is 0. The predicted octanol–water partition coefficient (Wildman–Crippen LogP) is 2.68. The Bertz CT molecular complexity index is 928. The summed E-state index contributed by atoms with van der Waals surface area (Å²) in [5.41, 5.74) is 0.813. The lowest BCUT2D eigenvalue weighted by atomic mass is 9.89. The average molecular weight is 474 g/mol. The number of carbonyl (C=O) groups is 3. The van der Waals surface area contributed by atoms with Crippen molar-refractivity contribution in [1.82, 2.24) is 20.5 Å². The molecule has 2 heterocycles. The standard InChI is InChI=1S/C25H39N5O4/c1-8-18-14-19(21(27-15-18)22-28-24(33)25(5,29-22)16(2)3)23(32)26-13-11-9-10-12-20(31)34-17(4)30(6)7/h14-17H,8-13H2,1-7H3,(H,26,32)(H,28,29,33). The molecule has 0 aromatic carbocycles. The molecule has 0 bridgehead atoms. The van der Waals surface area contributed by atoms with Crippen LogP contribution in [0.1, 0.15) is 81.9 Å². The topological polar surface area (TPSA) is 113 Å². The van der Waals surface area contributed by atoms with Crippen LogP contribution in [0.4, 0.5) is 0 Å². The van der Waals surface area contributed by atoms with Crippen molar-refractivity contribution in [2.75, 3.05) is 20.6 Å². The molecular formula is C25H39N5O4. The number of unbranched alkanes of at least 4 members (excludes halogenated alkanes) is 2. The fourth-order valence-electron chi connectivity index (χ4n) is 3.33. The molecule has 188 valence electrons. The lowest BCUT2D eigenvalue weighted by Crippen LogP contribution is -2.41. The molecule has 1 aliphatic heterocycles. The molecule has 0 aliphatic carbocycles. The summed E-state index contributed by atoms with van der Waals surface area (Å²) in [6.07, 6.45) is 4.78. The number of hydrogen-bond acceptors (Lipinski definition) is 7. The number of aliphatic imine (C=N–C) groups is 1. The number of rotatable bonds is 12. The van der Waals surface area contributed by atoms with E-state index in [9.17, 15) is 14.4 Å². The molecule has 0 saturated carbocycles. The maximum absolute atomic E-state index is 13.0. The second-order valence-corrected chi connectivity index (χ2v) is 9.43. The van der Waals surface area contributed by atoms with Gasteiger partial charge in [0, 0.05) is 19.2 Å². The molecule has 9 heteroatoms. The van der Waals surface area contributed by atoms with Gasteiger partial charge in [0.1, 0.15) is 11.2 Å². The van der Waals surface area contributed by atoms with Crippen LogP contribution in [0, 0.1) is 5.92 Å². The fourth-order valence-corrected chi connectivity index (χ4v) is 3.33. The van der Waals surface area contributed by atoms with Gasteiger partial charge in [0.05, 0.1) is 5.56 Å². The van der Waals surface area contributed by atoms with Crippen LogP contribution in [0.15, 0.2) is 17.3 Å².